The molecule has 0 radical (unpaired) electrons. The third-order valence-electron chi connectivity index (χ3n) is 3.50. The second-order valence-corrected chi connectivity index (χ2v) is 6.46. The Labute approximate surface area is 112 Å². The Hall–Kier alpha value is -0.570. The highest BCUT2D eigenvalue weighted by molar-refractivity contribution is 9.10. The molecule has 1 aliphatic carbocycles. The zero-order chi connectivity index (χ0) is 12.4. The Balaban J connectivity index is 2.04. The van der Waals surface area contributed by atoms with Crippen LogP contribution in [0, 0.1) is 18.8 Å². The lowest BCUT2D eigenvalue weighted by atomic mass is 9.80. The maximum atomic E-state index is 4.46. The van der Waals surface area contributed by atoms with Gasteiger partial charge in [0.2, 0.25) is 0 Å². The molecule has 94 valence electrons. The summed E-state index contributed by atoms with van der Waals surface area (Å²) in [7, 11) is 0. The van der Waals surface area contributed by atoms with Crippen molar-refractivity contribution < 1.29 is 0 Å². The molecular formula is C14H21BrN2. The lowest BCUT2D eigenvalue weighted by Crippen LogP contribution is -2.30. The van der Waals surface area contributed by atoms with E-state index in [2.05, 4.69) is 53.1 Å². The summed E-state index contributed by atoms with van der Waals surface area (Å²) in [4.78, 5) is 4.46. The number of hydrogen-bond acceptors (Lipinski definition) is 2. The number of rotatable bonds is 2. The van der Waals surface area contributed by atoms with E-state index in [4.69, 9.17) is 0 Å². The van der Waals surface area contributed by atoms with Gasteiger partial charge in [0.1, 0.15) is 5.82 Å². The Bertz CT molecular complexity index is 382. The van der Waals surface area contributed by atoms with Crippen molar-refractivity contribution in [3.63, 3.8) is 0 Å². The van der Waals surface area contributed by atoms with Crippen LogP contribution in [0.15, 0.2) is 16.7 Å². The van der Waals surface area contributed by atoms with E-state index in [1.165, 1.54) is 24.8 Å². The quantitative estimate of drug-likeness (QED) is 0.875. The van der Waals surface area contributed by atoms with Gasteiger partial charge in [-0.15, -0.1) is 0 Å². The zero-order valence-corrected chi connectivity index (χ0v) is 12.4. The molecule has 0 aliphatic heterocycles. The Morgan fingerprint density at radius 3 is 2.47 bits per heavy atom. The molecule has 3 heteroatoms. The summed E-state index contributed by atoms with van der Waals surface area (Å²) in [6.45, 7) is 6.76. The van der Waals surface area contributed by atoms with Gasteiger partial charge < -0.3 is 5.32 Å². The molecule has 2 unspecified atom stereocenters. The summed E-state index contributed by atoms with van der Waals surface area (Å²) in [6.07, 6.45) is 5.79. The summed E-state index contributed by atoms with van der Waals surface area (Å²) >= 11 is 3.58. The van der Waals surface area contributed by atoms with E-state index in [0.29, 0.717) is 6.04 Å². The van der Waals surface area contributed by atoms with E-state index in [9.17, 15) is 0 Å². The predicted molar refractivity (Wildman–Crippen MR) is 76.3 cm³/mol. The van der Waals surface area contributed by atoms with Gasteiger partial charge in [-0.1, -0.05) is 13.8 Å². The fraction of sp³-hybridized carbons (Fsp3) is 0.643. The first-order valence-electron chi connectivity index (χ1n) is 6.43. The van der Waals surface area contributed by atoms with Crippen molar-refractivity contribution in [2.75, 3.05) is 5.32 Å². The van der Waals surface area contributed by atoms with Crippen molar-refractivity contribution in [1.29, 1.82) is 0 Å². The summed E-state index contributed by atoms with van der Waals surface area (Å²) in [6, 6.07) is 2.69. The first kappa shape index (κ1) is 12.9. The van der Waals surface area contributed by atoms with E-state index in [0.717, 1.165) is 22.1 Å². The number of aromatic nitrogens is 1. The number of anilines is 1. The van der Waals surface area contributed by atoms with Crippen molar-refractivity contribution in [2.24, 2.45) is 11.8 Å². The first-order valence-corrected chi connectivity index (χ1v) is 7.22. The summed E-state index contributed by atoms with van der Waals surface area (Å²) in [5.74, 6) is 2.63. The van der Waals surface area contributed by atoms with Crippen molar-refractivity contribution in [2.45, 2.75) is 46.1 Å². The predicted octanol–water partition coefficient (Wildman–Crippen LogP) is 4.39. The smallest absolute Gasteiger partial charge is 0.140 e. The van der Waals surface area contributed by atoms with Gasteiger partial charge in [0, 0.05) is 12.2 Å². The molecule has 1 aromatic rings. The minimum Gasteiger partial charge on any atom is -0.366 e. The molecular weight excluding hydrogens is 276 g/mol. The number of hydrogen-bond donors (Lipinski definition) is 1. The van der Waals surface area contributed by atoms with Crippen molar-refractivity contribution in [1.82, 2.24) is 4.98 Å². The van der Waals surface area contributed by atoms with Gasteiger partial charge in [0.15, 0.2) is 0 Å². The van der Waals surface area contributed by atoms with Gasteiger partial charge >= 0.3 is 0 Å². The second-order valence-electron chi connectivity index (χ2n) is 5.60. The number of nitrogens with zero attached hydrogens (tertiary/aromatic N) is 1. The van der Waals surface area contributed by atoms with Gasteiger partial charge in [-0.2, -0.15) is 0 Å². The third-order valence-corrected chi connectivity index (χ3v) is 4.10. The van der Waals surface area contributed by atoms with Gasteiger partial charge in [-0.25, -0.2) is 4.98 Å². The molecule has 1 saturated carbocycles. The molecule has 0 spiro atoms. The maximum absolute atomic E-state index is 4.46. The Kier molecular flexibility index (Phi) is 4.08. The van der Waals surface area contributed by atoms with Gasteiger partial charge in [0.25, 0.3) is 0 Å². The van der Waals surface area contributed by atoms with Crippen molar-refractivity contribution >= 4 is 21.7 Å². The number of halogens is 1. The van der Waals surface area contributed by atoms with Crippen LogP contribution in [0.25, 0.3) is 0 Å². The molecule has 17 heavy (non-hydrogen) atoms. The highest BCUT2D eigenvalue weighted by Crippen LogP contribution is 2.31. The summed E-state index contributed by atoms with van der Waals surface area (Å²) in [5.41, 5.74) is 1.19. The van der Waals surface area contributed by atoms with Crippen LogP contribution in [-0.2, 0) is 0 Å². The third kappa shape index (κ3) is 3.44. The summed E-state index contributed by atoms with van der Waals surface area (Å²) < 4.78 is 1.07. The van der Waals surface area contributed by atoms with Crippen LogP contribution in [0.4, 0.5) is 5.82 Å². The van der Waals surface area contributed by atoms with Gasteiger partial charge in [-0.3, -0.25) is 0 Å². The van der Waals surface area contributed by atoms with E-state index in [1.54, 1.807) is 0 Å². The molecule has 0 aromatic carbocycles. The molecule has 0 amide bonds. The van der Waals surface area contributed by atoms with Gasteiger partial charge in [0.05, 0.1) is 4.47 Å². The number of nitrogens with one attached hydrogen (secondary N) is 1. The molecule has 0 bridgehead atoms. The molecule has 2 atom stereocenters. The highest BCUT2D eigenvalue weighted by atomic mass is 79.9. The summed E-state index contributed by atoms with van der Waals surface area (Å²) in [5, 5.41) is 3.58. The minimum absolute atomic E-state index is 0.570. The lowest BCUT2D eigenvalue weighted by Gasteiger charge is -2.32. The monoisotopic (exact) mass is 296 g/mol. The SMILES string of the molecule is Cc1cnc(NC2CC(C)CC(C)C2)c(Br)c1. The molecule has 1 aromatic heterocycles. The van der Waals surface area contributed by atoms with Crippen LogP contribution in [0.2, 0.25) is 0 Å². The van der Waals surface area contributed by atoms with Crippen LogP contribution in [-0.4, -0.2) is 11.0 Å². The molecule has 0 saturated heterocycles. The van der Waals surface area contributed by atoms with Crippen LogP contribution in [0.1, 0.15) is 38.7 Å². The minimum atomic E-state index is 0.570. The maximum Gasteiger partial charge on any atom is 0.140 e. The molecule has 1 fully saturated rings. The normalized spacial score (nSPS) is 29.1. The molecule has 1 N–H and O–H groups in total. The Morgan fingerprint density at radius 2 is 1.88 bits per heavy atom. The van der Waals surface area contributed by atoms with E-state index in [-0.39, 0.29) is 0 Å². The van der Waals surface area contributed by atoms with E-state index in [1.807, 2.05) is 6.20 Å². The van der Waals surface area contributed by atoms with Crippen molar-refractivity contribution in [3.8, 4) is 0 Å². The average Bonchev–Trinajstić information content (AvgIpc) is 2.21. The first-order chi connectivity index (χ1) is 8.04. The molecule has 2 nitrogen and oxygen atoms in total. The topological polar surface area (TPSA) is 24.9 Å². The van der Waals surface area contributed by atoms with E-state index < -0.39 is 0 Å². The Morgan fingerprint density at radius 1 is 1.24 bits per heavy atom. The molecule has 1 aliphatic rings. The van der Waals surface area contributed by atoms with Crippen molar-refractivity contribution in [3.05, 3.63) is 22.3 Å². The fourth-order valence-corrected chi connectivity index (χ4v) is 3.48. The largest absolute Gasteiger partial charge is 0.366 e. The average molecular weight is 297 g/mol. The van der Waals surface area contributed by atoms with Gasteiger partial charge in [-0.05, 0) is 65.6 Å². The van der Waals surface area contributed by atoms with Crippen LogP contribution < -0.4 is 5.32 Å². The zero-order valence-electron chi connectivity index (χ0n) is 10.8. The second kappa shape index (κ2) is 5.38. The molecule has 1 heterocycles. The number of aryl methyl sites for hydroxylation is 1. The van der Waals surface area contributed by atoms with E-state index >= 15 is 0 Å². The number of pyridine rings is 1. The van der Waals surface area contributed by atoms with Crippen LogP contribution >= 0.6 is 15.9 Å². The lowest BCUT2D eigenvalue weighted by molar-refractivity contribution is 0.280. The highest BCUT2D eigenvalue weighted by Gasteiger charge is 2.24. The standard InChI is InChI=1S/C14H21BrN2/c1-9-4-10(2)6-12(5-9)17-14-13(15)7-11(3)8-16-14/h7-10,12H,4-6H2,1-3H3,(H,16,17). The fourth-order valence-electron chi connectivity index (χ4n) is 2.90. The van der Waals surface area contributed by atoms with Crippen LogP contribution in [0.3, 0.4) is 0 Å². The molecule has 2 rings (SSSR count). The van der Waals surface area contributed by atoms with Crippen LogP contribution in [0.5, 0.6) is 0 Å².